The Kier molecular flexibility index (Phi) is 7.54. The average Bonchev–Trinajstić information content (AvgIpc) is 2.43. The number of hydrogen-bond donors (Lipinski definition) is 1. The first-order valence-corrected chi connectivity index (χ1v) is 7.43. The van der Waals surface area contributed by atoms with E-state index in [1.165, 1.54) is 0 Å². The molecule has 1 fully saturated rings. The molecule has 1 rings (SSSR count). The van der Waals surface area contributed by atoms with Crippen LogP contribution in [0.4, 0.5) is 0 Å². The minimum Gasteiger partial charge on any atom is -0.481 e. The first-order chi connectivity index (χ1) is 9.52. The second-order valence-electron chi connectivity index (χ2n) is 5.43. The molecule has 0 aromatic carbocycles. The predicted octanol–water partition coefficient (Wildman–Crippen LogP) is 0.337. The molecule has 1 aliphatic heterocycles. The van der Waals surface area contributed by atoms with Gasteiger partial charge in [-0.25, -0.2) is 0 Å². The third kappa shape index (κ3) is 6.34. The first kappa shape index (κ1) is 16.9. The Morgan fingerprint density at radius 2 is 1.75 bits per heavy atom. The number of carbonyl (C=O) groups excluding carboxylic acids is 1. The van der Waals surface area contributed by atoms with E-state index in [4.69, 9.17) is 5.11 Å². The van der Waals surface area contributed by atoms with E-state index in [1.54, 1.807) is 4.90 Å². The SMILES string of the molecule is CCCCN(C)C(=O)CN1CCN(CCC(=O)O)CC1. The van der Waals surface area contributed by atoms with Crippen LogP contribution in [-0.2, 0) is 9.59 Å². The van der Waals surface area contributed by atoms with Crippen molar-refractivity contribution in [1.82, 2.24) is 14.7 Å². The third-order valence-corrected chi connectivity index (χ3v) is 3.74. The maximum Gasteiger partial charge on any atom is 0.304 e. The second-order valence-corrected chi connectivity index (χ2v) is 5.43. The van der Waals surface area contributed by atoms with Crippen LogP contribution in [0, 0.1) is 0 Å². The molecule has 0 unspecified atom stereocenters. The number of piperazine rings is 1. The summed E-state index contributed by atoms with van der Waals surface area (Å²) in [5, 5.41) is 8.66. The van der Waals surface area contributed by atoms with Crippen molar-refractivity contribution in [3.63, 3.8) is 0 Å². The highest BCUT2D eigenvalue weighted by molar-refractivity contribution is 5.78. The molecule has 1 heterocycles. The van der Waals surface area contributed by atoms with Gasteiger partial charge in [0, 0.05) is 46.3 Å². The molecule has 20 heavy (non-hydrogen) atoms. The van der Waals surface area contributed by atoms with E-state index in [-0.39, 0.29) is 12.3 Å². The number of carboxylic acids is 1. The van der Waals surface area contributed by atoms with E-state index in [0.29, 0.717) is 13.1 Å². The lowest BCUT2D eigenvalue weighted by Gasteiger charge is -2.34. The minimum atomic E-state index is -0.750. The lowest BCUT2D eigenvalue weighted by Crippen LogP contribution is -2.50. The van der Waals surface area contributed by atoms with Gasteiger partial charge >= 0.3 is 5.97 Å². The van der Waals surface area contributed by atoms with Gasteiger partial charge in [0.15, 0.2) is 0 Å². The molecule has 0 spiro atoms. The Morgan fingerprint density at radius 3 is 2.30 bits per heavy atom. The summed E-state index contributed by atoms with van der Waals surface area (Å²) >= 11 is 0. The maximum absolute atomic E-state index is 12.0. The largest absolute Gasteiger partial charge is 0.481 e. The summed E-state index contributed by atoms with van der Waals surface area (Å²) in [5.74, 6) is -0.572. The standard InChI is InChI=1S/C14H27N3O3/c1-3-4-6-15(2)13(18)12-17-10-8-16(9-11-17)7-5-14(19)20/h3-12H2,1-2H3,(H,19,20). The number of unbranched alkanes of at least 4 members (excludes halogenated alkanes) is 1. The molecule has 1 amide bonds. The van der Waals surface area contributed by atoms with Crippen LogP contribution in [0.2, 0.25) is 0 Å². The van der Waals surface area contributed by atoms with E-state index < -0.39 is 5.97 Å². The number of nitrogens with zero attached hydrogens (tertiary/aromatic N) is 3. The number of carbonyl (C=O) groups is 2. The molecule has 6 nitrogen and oxygen atoms in total. The Balaban J connectivity index is 2.21. The second kappa shape index (κ2) is 8.92. The molecular formula is C14H27N3O3. The Labute approximate surface area is 121 Å². The lowest BCUT2D eigenvalue weighted by molar-refractivity contribution is -0.137. The van der Waals surface area contributed by atoms with Crippen LogP contribution in [0.15, 0.2) is 0 Å². The Morgan fingerprint density at radius 1 is 1.15 bits per heavy atom. The van der Waals surface area contributed by atoms with Crippen LogP contribution in [0.5, 0.6) is 0 Å². The molecule has 1 saturated heterocycles. The van der Waals surface area contributed by atoms with E-state index >= 15 is 0 Å². The van der Waals surface area contributed by atoms with Crippen LogP contribution in [-0.4, -0.2) is 84.5 Å². The van der Waals surface area contributed by atoms with Gasteiger partial charge in [0.25, 0.3) is 0 Å². The molecule has 6 heteroatoms. The Bertz CT molecular complexity index is 315. The van der Waals surface area contributed by atoms with Gasteiger partial charge in [-0.15, -0.1) is 0 Å². The molecular weight excluding hydrogens is 258 g/mol. The number of hydrogen-bond acceptors (Lipinski definition) is 4. The van der Waals surface area contributed by atoms with Crippen molar-refractivity contribution < 1.29 is 14.7 Å². The van der Waals surface area contributed by atoms with Crippen LogP contribution >= 0.6 is 0 Å². The van der Waals surface area contributed by atoms with E-state index in [1.807, 2.05) is 7.05 Å². The first-order valence-electron chi connectivity index (χ1n) is 7.43. The highest BCUT2D eigenvalue weighted by Crippen LogP contribution is 2.03. The fourth-order valence-electron chi connectivity index (χ4n) is 2.26. The van der Waals surface area contributed by atoms with Crippen molar-refractivity contribution in [3.8, 4) is 0 Å². The van der Waals surface area contributed by atoms with Crippen molar-refractivity contribution in [1.29, 1.82) is 0 Å². The zero-order chi connectivity index (χ0) is 15.0. The van der Waals surface area contributed by atoms with Crippen LogP contribution in [0.1, 0.15) is 26.2 Å². The van der Waals surface area contributed by atoms with E-state index in [0.717, 1.165) is 45.6 Å². The van der Waals surface area contributed by atoms with Crippen molar-refractivity contribution >= 4 is 11.9 Å². The van der Waals surface area contributed by atoms with Gasteiger partial charge < -0.3 is 14.9 Å². The molecule has 1 N–H and O–H groups in total. The maximum atomic E-state index is 12.0. The molecule has 0 aromatic heterocycles. The van der Waals surface area contributed by atoms with Crippen molar-refractivity contribution in [2.24, 2.45) is 0 Å². The molecule has 0 bridgehead atoms. The van der Waals surface area contributed by atoms with Gasteiger partial charge in [-0.05, 0) is 6.42 Å². The summed E-state index contributed by atoms with van der Waals surface area (Å²) in [7, 11) is 1.86. The van der Waals surface area contributed by atoms with Crippen molar-refractivity contribution in [3.05, 3.63) is 0 Å². The summed E-state index contributed by atoms with van der Waals surface area (Å²) in [5.41, 5.74) is 0. The van der Waals surface area contributed by atoms with E-state index in [9.17, 15) is 9.59 Å². The van der Waals surface area contributed by atoms with Gasteiger partial charge in [-0.3, -0.25) is 14.5 Å². The summed E-state index contributed by atoms with van der Waals surface area (Å²) in [6.45, 7) is 7.40. The van der Waals surface area contributed by atoms with Crippen molar-refractivity contribution in [2.45, 2.75) is 26.2 Å². The van der Waals surface area contributed by atoms with E-state index in [2.05, 4.69) is 16.7 Å². The number of amides is 1. The molecule has 0 saturated carbocycles. The molecule has 1 aliphatic rings. The van der Waals surface area contributed by atoms with Gasteiger partial charge in [0.05, 0.1) is 13.0 Å². The van der Waals surface area contributed by atoms with Crippen LogP contribution in [0.25, 0.3) is 0 Å². The number of carboxylic acid groups (broad SMARTS) is 1. The van der Waals surface area contributed by atoms with Gasteiger partial charge in [0.1, 0.15) is 0 Å². The smallest absolute Gasteiger partial charge is 0.304 e. The molecule has 0 aromatic rings. The van der Waals surface area contributed by atoms with Gasteiger partial charge in [-0.1, -0.05) is 13.3 Å². The van der Waals surface area contributed by atoms with Gasteiger partial charge in [-0.2, -0.15) is 0 Å². The Hall–Kier alpha value is -1.14. The van der Waals surface area contributed by atoms with Crippen LogP contribution in [0.3, 0.4) is 0 Å². The zero-order valence-corrected chi connectivity index (χ0v) is 12.7. The predicted molar refractivity (Wildman–Crippen MR) is 77.7 cm³/mol. The number of rotatable bonds is 8. The monoisotopic (exact) mass is 285 g/mol. The van der Waals surface area contributed by atoms with Crippen LogP contribution < -0.4 is 0 Å². The van der Waals surface area contributed by atoms with Gasteiger partial charge in [0.2, 0.25) is 5.91 Å². The summed E-state index contributed by atoms with van der Waals surface area (Å²) in [6.07, 6.45) is 2.34. The molecule has 116 valence electrons. The number of aliphatic carboxylic acids is 1. The normalized spacial score (nSPS) is 17.1. The highest BCUT2D eigenvalue weighted by Gasteiger charge is 2.20. The molecule has 0 aliphatic carbocycles. The van der Waals surface area contributed by atoms with Crippen molar-refractivity contribution in [2.75, 3.05) is 52.9 Å². The quantitative estimate of drug-likeness (QED) is 0.696. The highest BCUT2D eigenvalue weighted by atomic mass is 16.4. The summed E-state index contributed by atoms with van der Waals surface area (Å²) in [6, 6.07) is 0. The fraction of sp³-hybridized carbons (Fsp3) is 0.857. The summed E-state index contributed by atoms with van der Waals surface area (Å²) < 4.78 is 0. The molecule has 0 atom stereocenters. The zero-order valence-electron chi connectivity index (χ0n) is 12.7. The average molecular weight is 285 g/mol. The lowest BCUT2D eigenvalue weighted by atomic mass is 10.2. The fourth-order valence-corrected chi connectivity index (χ4v) is 2.26. The molecule has 0 radical (unpaired) electrons. The third-order valence-electron chi connectivity index (χ3n) is 3.74. The number of likely N-dealkylation sites (N-methyl/N-ethyl adjacent to an activating group) is 1. The summed E-state index contributed by atoms with van der Waals surface area (Å²) in [4.78, 5) is 28.6. The minimum absolute atomic E-state index is 0.178. The topological polar surface area (TPSA) is 64.1 Å².